The van der Waals surface area contributed by atoms with E-state index >= 15 is 0 Å². The molecule has 1 nitrogen and oxygen atoms in total. The highest BCUT2D eigenvalue weighted by Gasteiger charge is 2.17. The van der Waals surface area contributed by atoms with Gasteiger partial charge in [0.15, 0.2) is 0 Å². The molecule has 0 bridgehead atoms. The molecule has 0 radical (unpaired) electrons. The summed E-state index contributed by atoms with van der Waals surface area (Å²) < 4.78 is 13.5. The Labute approximate surface area is 112 Å². The Kier molecular flexibility index (Phi) is 3.73. The molecule has 90 valence electrons. The Balaban J connectivity index is 2.39. The van der Waals surface area contributed by atoms with Crippen LogP contribution in [0.5, 0.6) is 0 Å². The lowest BCUT2D eigenvalue weighted by molar-refractivity contribution is 0.224. The van der Waals surface area contributed by atoms with Crippen molar-refractivity contribution >= 4 is 34.5 Å². The molecule has 1 aromatic carbocycles. The number of aryl methyl sites for hydroxylation is 1. The average molecular weight is 291 g/mol. The van der Waals surface area contributed by atoms with Gasteiger partial charge in [-0.2, -0.15) is 0 Å². The summed E-state index contributed by atoms with van der Waals surface area (Å²) in [5.74, 6) is -0.425. The Bertz CT molecular complexity index is 534. The van der Waals surface area contributed by atoms with Gasteiger partial charge in [0, 0.05) is 15.5 Å². The van der Waals surface area contributed by atoms with Crippen LogP contribution in [0.2, 0.25) is 9.36 Å². The first-order valence-electron chi connectivity index (χ1n) is 4.88. The molecular weight excluding hydrogens is 282 g/mol. The molecule has 0 aliphatic carbocycles. The van der Waals surface area contributed by atoms with Crippen LogP contribution in [-0.2, 0) is 0 Å². The second-order valence-electron chi connectivity index (χ2n) is 3.67. The Hall–Kier alpha value is -0.610. The molecule has 1 aromatic heterocycles. The summed E-state index contributed by atoms with van der Waals surface area (Å²) in [6, 6.07) is 5.73. The van der Waals surface area contributed by atoms with Crippen molar-refractivity contribution in [1.29, 1.82) is 0 Å². The Morgan fingerprint density at radius 1 is 1.29 bits per heavy atom. The van der Waals surface area contributed by atoms with Gasteiger partial charge in [0.2, 0.25) is 0 Å². The number of aliphatic hydroxyl groups is 1. The minimum absolute atomic E-state index is 0.208. The maximum atomic E-state index is 12.9. The van der Waals surface area contributed by atoms with Crippen molar-refractivity contribution in [2.75, 3.05) is 0 Å². The molecule has 0 fully saturated rings. The average Bonchev–Trinajstić information content (AvgIpc) is 2.58. The summed E-state index contributed by atoms with van der Waals surface area (Å²) in [5.41, 5.74) is 1.38. The third-order valence-corrected chi connectivity index (χ3v) is 4.34. The molecule has 1 heterocycles. The van der Waals surface area contributed by atoms with Crippen LogP contribution in [0.3, 0.4) is 0 Å². The molecule has 0 aliphatic rings. The molecule has 0 spiro atoms. The van der Waals surface area contributed by atoms with E-state index in [1.807, 2.05) is 6.92 Å². The van der Waals surface area contributed by atoms with Gasteiger partial charge in [-0.25, -0.2) is 4.39 Å². The van der Waals surface area contributed by atoms with Crippen LogP contribution in [0.4, 0.5) is 4.39 Å². The molecule has 5 heteroatoms. The van der Waals surface area contributed by atoms with Crippen LogP contribution < -0.4 is 0 Å². The SMILES string of the molecule is Cc1cc(C(O)c2ccc(F)cc2Cl)sc1Cl. The molecule has 0 saturated carbocycles. The van der Waals surface area contributed by atoms with Crippen molar-refractivity contribution in [2.45, 2.75) is 13.0 Å². The minimum Gasteiger partial charge on any atom is -0.383 e. The highest BCUT2D eigenvalue weighted by atomic mass is 35.5. The van der Waals surface area contributed by atoms with E-state index in [1.54, 1.807) is 6.07 Å². The summed E-state index contributed by atoms with van der Waals surface area (Å²) in [5, 5.41) is 10.4. The van der Waals surface area contributed by atoms with Gasteiger partial charge in [0.1, 0.15) is 11.9 Å². The lowest BCUT2D eigenvalue weighted by Crippen LogP contribution is -1.98. The van der Waals surface area contributed by atoms with Gasteiger partial charge in [-0.3, -0.25) is 0 Å². The number of aliphatic hydroxyl groups excluding tert-OH is 1. The summed E-state index contributed by atoms with van der Waals surface area (Å²) in [6.45, 7) is 1.86. The zero-order chi connectivity index (χ0) is 12.6. The first kappa shape index (κ1) is 12.8. The van der Waals surface area contributed by atoms with Crippen LogP contribution >= 0.6 is 34.5 Å². The van der Waals surface area contributed by atoms with Crippen LogP contribution in [0.1, 0.15) is 22.1 Å². The molecule has 2 aromatic rings. The van der Waals surface area contributed by atoms with E-state index in [0.29, 0.717) is 14.8 Å². The third kappa shape index (κ3) is 2.63. The number of rotatable bonds is 2. The van der Waals surface area contributed by atoms with Gasteiger partial charge < -0.3 is 5.11 Å². The van der Waals surface area contributed by atoms with Gasteiger partial charge in [0.25, 0.3) is 0 Å². The molecular formula is C12H9Cl2FOS. The minimum atomic E-state index is -0.876. The first-order chi connectivity index (χ1) is 7.99. The summed E-state index contributed by atoms with van der Waals surface area (Å²) in [7, 11) is 0. The number of benzene rings is 1. The normalized spacial score (nSPS) is 12.8. The maximum absolute atomic E-state index is 12.9. The lowest BCUT2D eigenvalue weighted by Gasteiger charge is -2.10. The summed E-state index contributed by atoms with van der Waals surface area (Å²) >= 11 is 13.1. The first-order valence-corrected chi connectivity index (χ1v) is 6.45. The van der Waals surface area contributed by atoms with Gasteiger partial charge in [-0.15, -0.1) is 11.3 Å². The zero-order valence-corrected chi connectivity index (χ0v) is 11.2. The second kappa shape index (κ2) is 4.94. The van der Waals surface area contributed by atoms with Crippen molar-refractivity contribution in [1.82, 2.24) is 0 Å². The quantitative estimate of drug-likeness (QED) is 0.858. The van der Waals surface area contributed by atoms with Gasteiger partial charge in [0.05, 0.1) is 4.34 Å². The number of thiophene rings is 1. The standard InChI is InChI=1S/C12H9Cl2FOS/c1-6-4-10(17-12(6)14)11(16)8-3-2-7(15)5-9(8)13/h2-5,11,16H,1H3. The molecule has 0 amide bonds. The predicted molar refractivity (Wildman–Crippen MR) is 69.5 cm³/mol. The molecule has 1 unspecified atom stereocenters. The van der Waals surface area contributed by atoms with Crippen LogP contribution in [0.15, 0.2) is 24.3 Å². The lowest BCUT2D eigenvalue weighted by atomic mass is 10.1. The van der Waals surface area contributed by atoms with Gasteiger partial charge in [-0.05, 0) is 30.7 Å². The largest absolute Gasteiger partial charge is 0.383 e. The smallest absolute Gasteiger partial charge is 0.124 e. The van der Waals surface area contributed by atoms with Crippen molar-refractivity contribution < 1.29 is 9.50 Å². The van der Waals surface area contributed by atoms with Crippen LogP contribution in [0, 0.1) is 12.7 Å². The monoisotopic (exact) mass is 290 g/mol. The van der Waals surface area contributed by atoms with Crippen molar-refractivity contribution in [3.05, 3.63) is 55.4 Å². The summed E-state index contributed by atoms with van der Waals surface area (Å²) in [6.07, 6.45) is -0.876. The van der Waals surface area contributed by atoms with E-state index in [-0.39, 0.29) is 5.02 Å². The molecule has 0 aliphatic heterocycles. The molecule has 0 saturated heterocycles. The van der Waals surface area contributed by atoms with E-state index < -0.39 is 11.9 Å². The maximum Gasteiger partial charge on any atom is 0.124 e. The fourth-order valence-electron chi connectivity index (χ4n) is 1.49. The van der Waals surface area contributed by atoms with Crippen molar-refractivity contribution in [3.63, 3.8) is 0 Å². The second-order valence-corrected chi connectivity index (χ2v) is 5.77. The van der Waals surface area contributed by atoms with E-state index in [9.17, 15) is 9.50 Å². The predicted octanol–water partition coefficient (Wildman–Crippen LogP) is 4.58. The Morgan fingerprint density at radius 2 is 2.00 bits per heavy atom. The van der Waals surface area contributed by atoms with Gasteiger partial charge in [-0.1, -0.05) is 29.3 Å². The number of hydrogen-bond donors (Lipinski definition) is 1. The molecule has 2 rings (SSSR count). The zero-order valence-electron chi connectivity index (χ0n) is 8.88. The number of hydrogen-bond acceptors (Lipinski definition) is 2. The van der Waals surface area contributed by atoms with E-state index in [4.69, 9.17) is 23.2 Å². The highest BCUT2D eigenvalue weighted by molar-refractivity contribution is 7.16. The number of halogens is 3. The topological polar surface area (TPSA) is 20.2 Å². The molecule has 17 heavy (non-hydrogen) atoms. The van der Waals surface area contributed by atoms with Crippen LogP contribution in [-0.4, -0.2) is 5.11 Å². The third-order valence-electron chi connectivity index (χ3n) is 2.40. The van der Waals surface area contributed by atoms with E-state index in [0.717, 1.165) is 5.56 Å². The van der Waals surface area contributed by atoms with Crippen molar-refractivity contribution in [2.24, 2.45) is 0 Å². The molecule has 1 N–H and O–H groups in total. The van der Waals surface area contributed by atoms with Crippen LogP contribution in [0.25, 0.3) is 0 Å². The van der Waals surface area contributed by atoms with Crippen molar-refractivity contribution in [3.8, 4) is 0 Å². The van der Waals surface area contributed by atoms with E-state index in [1.165, 1.54) is 29.5 Å². The summed E-state index contributed by atoms with van der Waals surface area (Å²) in [4.78, 5) is 0.695. The fourth-order valence-corrected chi connectivity index (χ4v) is 2.99. The highest BCUT2D eigenvalue weighted by Crippen LogP contribution is 2.36. The van der Waals surface area contributed by atoms with Gasteiger partial charge >= 0.3 is 0 Å². The van der Waals surface area contributed by atoms with E-state index in [2.05, 4.69) is 0 Å². The molecule has 1 atom stereocenters. The Morgan fingerprint density at radius 3 is 2.53 bits per heavy atom. The fraction of sp³-hybridized carbons (Fsp3) is 0.167.